The van der Waals surface area contributed by atoms with Gasteiger partial charge in [0.05, 0.1) is 30.7 Å². The molecule has 2 atom stereocenters. The van der Waals surface area contributed by atoms with Crippen LogP contribution in [0.25, 0.3) is 5.69 Å². The molecule has 2 aromatic carbocycles. The van der Waals surface area contributed by atoms with Crippen molar-refractivity contribution in [3.63, 3.8) is 0 Å². The topological polar surface area (TPSA) is 81.5 Å². The number of morpholine rings is 1. The number of methoxy groups -OCH3 is 1. The van der Waals surface area contributed by atoms with Crippen LogP contribution < -0.4 is 10.1 Å². The maximum Gasteiger partial charge on any atom is 0.278 e. The highest BCUT2D eigenvalue weighted by Crippen LogP contribution is 2.22. The first kappa shape index (κ1) is 22.0. The molecule has 0 spiro atoms. The molecule has 1 aliphatic rings. The van der Waals surface area contributed by atoms with Gasteiger partial charge in [-0.3, -0.25) is 9.69 Å². The molecular formula is C24H29N5O3. The van der Waals surface area contributed by atoms with E-state index in [9.17, 15) is 4.79 Å². The molecule has 2 heterocycles. The Hall–Kier alpha value is -3.23. The Kier molecular flexibility index (Phi) is 6.53. The molecule has 1 saturated heterocycles. The van der Waals surface area contributed by atoms with E-state index in [0.717, 1.165) is 42.3 Å². The standard InChI is InChI=1S/C24H29N5O3/c1-16-13-28(14-17(2)32-16)15-19-7-5-6-8-22(19)25-24(30)23-18(3)29(27-26-23)20-9-11-21(31-4)12-10-20/h5-12,16-17H,13-15H2,1-4H3,(H,25,30). The molecule has 0 saturated carbocycles. The van der Waals surface area contributed by atoms with Gasteiger partial charge in [0.2, 0.25) is 0 Å². The molecule has 4 rings (SSSR count). The Morgan fingerprint density at radius 3 is 2.50 bits per heavy atom. The van der Waals surface area contributed by atoms with Crippen LogP contribution in [-0.2, 0) is 11.3 Å². The number of amides is 1. The summed E-state index contributed by atoms with van der Waals surface area (Å²) in [7, 11) is 1.62. The zero-order chi connectivity index (χ0) is 22.7. The van der Waals surface area contributed by atoms with Crippen molar-refractivity contribution in [1.82, 2.24) is 19.9 Å². The monoisotopic (exact) mass is 435 g/mol. The summed E-state index contributed by atoms with van der Waals surface area (Å²) < 4.78 is 12.7. The van der Waals surface area contributed by atoms with Crippen molar-refractivity contribution in [2.45, 2.75) is 39.5 Å². The molecule has 0 aliphatic carbocycles. The zero-order valence-corrected chi connectivity index (χ0v) is 18.9. The van der Waals surface area contributed by atoms with Crippen LogP contribution in [0, 0.1) is 6.92 Å². The number of carbonyl (C=O) groups is 1. The van der Waals surface area contributed by atoms with Crippen molar-refractivity contribution < 1.29 is 14.3 Å². The van der Waals surface area contributed by atoms with Crippen LogP contribution in [0.2, 0.25) is 0 Å². The van der Waals surface area contributed by atoms with E-state index in [0.29, 0.717) is 11.4 Å². The van der Waals surface area contributed by atoms with Crippen LogP contribution in [0.5, 0.6) is 5.75 Å². The highest BCUT2D eigenvalue weighted by atomic mass is 16.5. The van der Waals surface area contributed by atoms with Gasteiger partial charge in [-0.1, -0.05) is 23.4 Å². The van der Waals surface area contributed by atoms with E-state index in [-0.39, 0.29) is 18.1 Å². The lowest BCUT2D eigenvalue weighted by Gasteiger charge is -2.35. The third-order valence-corrected chi connectivity index (χ3v) is 5.58. The molecule has 32 heavy (non-hydrogen) atoms. The van der Waals surface area contributed by atoms with E-state index in [1.807, 2.05) is 55.5 Å². The summed E-state index contributed by atoms with van der Waals surface area (Å²) in [5, 5.41) is 11.3. The van der Waals surface area contributed by atoms with Gasteiger partial charge in [-0.05, 0) is 56.7 Å². The molecule has 1 aromatic heterocycles. The molecule has 2 unspecified atom stereocenters. The molecule has 8 heteroatoms. The van der Waals surface area contributed by atoms with Crippen LogP contribution in [0.15, 0.2) is 48.5 Å². The highest BCUT2D eigenvalue weighted by molar-refractivity contribution is 6.04. The number of benzene rings is 2. The first-order valence-electron chi connectivity index (χ1n) is 10.8. The van der Waals surface area contributed by atoms with Gasteiger partial charge in [-0.2, -0.15) is 0 Å². The van der Waals surface area contributed by atoms with Crippen molar-refractivity contribution >= 4 is 11.6 Å². The van der Waals surface area contributed by atoms with E-state index in [1.165, 1.54) is 0 Å². The van der Waals surface area contributed by atoms with Crippen molar-refractivity contribution in [3.05, 3.63) is 65.5 Å². The van der Waals surface area contributed by atoms with E-state index >= 15 is 0 Å². The number of nitrogens with one attached hydrogen (secondary N) is 1. The summed E-state index contributed by atoms with van der Waals surface area (Å²) in [6.07, 6.45) is 0.382. The van der Waals surface area contributed by atoms with Crippen LogP contribution in [0.4, 0.5) is 5.69 Å². The second-order valence-corrected chi connectivity index (χ2v) is 8.20. The predicted octanol–water partition coefficient (Wildman–Crippen LogP) is 3.45. The average molecular weight is 436 g/mol. The summed E-state index contributed by atoms with van der Waals surface area (Å²) in [5.41, 5.74) is 3.61. The van der Waals surface area contributed by atoms with Gasteiger partial charge in [0.1, 0.15) is 5.75 Å². The second kappa shape index (κ2) is 9.50. The van der Waals surface area contributed by atoms with Gasteiger partial charge in [0, 0.05) is 25.3 Å². The fraction of sp³-hybridized carbons (Fsp3) is 0.375. The van der Waals surface area contributed by atoms with Gasteiger partial charge >= 0.3 is 0 Å². The molecule has 3 aromatic rings. The van der Waals surface area contributed by atoms with E-state index in [4.69, 9.17) is 9.47 Å². The summed E-state index contributed by atoms with van der Waals surface area (Å²) in [5.74, 6) is 0.476. The zero-order valence-electron chi connectivity index (χ0n) is 18.9. The molecule has 1 aliphatic heterocycles. The largest absolute Gasteiger partial charge is 0.497 e. The summed E-state index contributed by atoms with van der Waals surface area (Å²) >= 11 is 0. The number of rotatable bonds is 6. The lowest BCUT2D eigenvalue weighted by atomic mass is 10.1. The number of ether oxygens (including phenoxy) is 2. The number of aromatic nitrogens is 3. The molecule has 1 amide bonds. The molecular weight excluding hydrogens is 406 g/mol. The maximum absolute atomic E-state index is 13.0. The van der Waals surface area contributed by atoms with E-state index in [1.54, 1.807) is 11.8 Å². The van der Waals surface area contributed by atoms with Crippen LogP contribution in [0.1, 0.15) is 35.6 Å². The smallest absolute Gasteiger partial charge is 0.278 e. The summed E-state index contributed by atoms with van der Waals surface area (Å²) in [6, 6.07) is 15.3. The van der Waals surface area contributed by atoms with Gasteiger partial charge in [0.25, 0.3) is 5.91 Å². The minimum atomic E-state index is -0.279. The fourth-order valence-electron chi connectivity index (χ4n) is 4.12. The highest BCUT2D eigenvalue weighted by Gasteiger charge is 2.23. The SMILES string of the molecule is COc1ccc(-n2nnc(C(=O)Nc3ccccc3CN3CC(C)OC(C)C3)c2C)cc1. The quantitative estimate of drug-likeness (QED) is 0.639. The number of anilines is 1. The Balaban J connectivity index is 1.50. The van der Waals surface area contributed by atoms with E-state index in [2.05, 4.69) is 34.4 Å². The number of para-hydroxylation sites is 1. The number of hydrogen-bond acceptors (Lipinski definition) is 6. The minimum absolute atomic E-state index is 0.191. The van der Waals surface area contributed by atoms with Crippen molar-refractivity contribution in [1.29, 1.82) is 0 Å². The van der Waals surface area contributed by atoms with Crippen LogP contribution in [-0.4, -0.2) is 58.2 Å². The summed E-state index contributed by atoms with van der Waals surface area (Å²) in [4.78, 5) is 15.4. The summed E-state index contributed by atoms with van der Waals surface area (Å²) in [6.45, 7) is 8.48. The Bertz CT molecular complexity index is 1070. The van der Waals surface area contributed by atoms with E-state index < -0.39 is 0 Å². The number of nitrogens with zero attached hydrogens (tertiary/aromatic N) is 4. The molecule has 1 N–H and O–H groups in total. The first-order valence-corrected chi connectivity index (χ1v) is 10.8. The Morgan fingerprint density at radius 2 is 1.81 bits per heavy atom. The molecule has 0 radical (unpaired) electrons. The van der Waals surface area contributed by atoms with Crippen molar-refractivity contribution in [3.8, 4) is 11.4 Å². The Labute approximate surface area is 188 Å². The fourth-order valence-corrected chi connectivity index (χ4v) is 4.12. The molecule has 8 nitrogen and oxygen atoms in total. The van der Waals surface area contributed by atoms with Crippen molar-refractivity contribution in [2.75, 3.05) is 25.5 Å². The van der Waals surface area contributed by atoms with Gasteiger partial charge in [-0.15, -0.1) is 5.10 Å². The predicted molar refractivity (Wildman–Crippen MR) is 122 cm³/mol. The second-order valence-electron chi connectivity index (χ2n) is 8.20. The van der Waals surface area contributed by atoms with Crippen LogP contribution in [0.3, 0.4) is 0 Å². The first-order chi connectivity index (χ1) is 15.4. The minimum Gasteiger partial charge on any atom is -0.497 e. The maximum atomic E-state index is 13.0. The third-order valence-electron chi connectivity index (χ3n) is 5.58. The van der Waals surface area contributed by atoms with Gasteiger partial charge in [-0.25, -0.2) is 4.68 Å². The van der Waals surface area contributed by atoms with Gasteiger partial charge in [0.15, 0.2) is 5.69 Å². The van der Waals surface area contributed by atoms with Crippen molar-refractivity contribution in [2.24, 2.45) is 0 Å². The average Bonchev–Trinajstić information content (AvgIpc) is 3.16. The number of carbonyl (C=O) groups excluding carboxylic acids is 1. The molecule has 1 fully saturated rings. The van der Waals surface area contributed by atoms with Crippen LogP contribution >= 0.6 is 0 Å². The lowest BCUT2D eigenvalue weighted by molar-refractivity contribution is -0.0704. The lowest BCUT2D eigenvalue weighted by Crippen LogP contribution is -2.44. The normalized spacial score (nSPS) is 19.0. The third kappa shape index (κ3) is 4.81. The Morgan fingerprint density at radius 1 is 1.12 bits per heavy atom. The number of hydrogen-bond donors (Lipinski definition) is 1. The molecule has 0 bridgehead atoms. The van der Waals surface area contributed by atoms with Gasteiger partial charge < -0.3 is 14.8 Å². The molecule has 168 valence electrons.